The van der Waals surface area contributed by atoms with Crippen LogP contribution in [-0.2, 0) is 11.2 Å². The van der Waals surface area contributed by atoms with E-state index in [-0.39, 0.29) is 5.69 Å². The number of rotatable bonds is 2. The molecule has 30 heavy (non-hydrogen) atoms. The van der Waals surface area contributed by atoms with Crippen molar-refractivity contribution in [2.75, 3.05) is 0 Å². The minimum Gasteiger partial charge on any atom is -0.476 e. The van der Waals surface area contributed by atoms with Gasteiger partial charge in [0.2, 0.25) is 0 Å². The molecule has 1 saturated carbocycles. The van der Waals surface area contributed by atoms with E-state index in [9.17, 15) is 15.5 Å². The lowest BCUT2D eigenvalue weighted by Gasteiger charge is -2.40. The molecule has 7 heteroatoms. The summed E-state index contributed by atoms with van der Waals surface area (Å²) in [5.74, 6) is -1.28. The van der Waals surface area contributed by atoms with Crippen LogP contribution in [0.5, 0.6) is 5.75 Å². The molecule has 0 saturated heterocycles. The molecule has 5 nitrogen and oxygen atoms in total. The molecule has 150 valence electrons. The fourth-order valence-electron chi connectivity index (χ4n) is 4.97. The number of aliphatic hydroxyl groups is 2. The van der Waals surface area contributed by atoms with E-state index in [1.807, 2.05) is 54.6 Å². The number of aliphatic hydroxyl groups excluding tert-OH is 1. The summed E-state index contributed by atoms with van der Waals surface area (Å²) in [4.78, 5) is 4.32. The van der Waals surface area contributed by atoms with E-state index in [0.717, 1.165) is 10.0 Å². The van der Waals surface area contributed by atoms with Gasteiger partial charge in [0.1, 0.15) is 17.5 Å². The molecule has 0 amide bonds. The fourth-order valence-corrected chi connectivity index (χ4v) is 5.38. The Bertz CT molecular complexity index is 1170. The largest absolute Gasteiger partial charge is 0.476 e. The standard InChI is InChI=1S/C23H16BrClN2O3/c24-15-8-6-14(7-9-15)23-19(13-4-2-1-3-5-13)17(11-26)21(28)22(23,29)20-18(30-23)10-16(25)12-27-20/h1-10,12,17,19,21,28-29H/t17-,19-,21-,22?,23+/m1/s1. The summed E-state index contributed by atoms with van der Waals surface area (Å²) in [6.45, 7) is 0. The van der Waals surface area contributed by atoms with Crippen molar-refractivity contribution in [1.29, 1.82) is 5.26 Å². The third kappa shape index (κ3) is 2.38. The number of benzene rings is 2. The van der Waals surface area contributed by atoms with E-state index in [2.05, 4.69) is 27.0 Å². The van der Waals surface area contributed by atoms with Gasteiger partial charge in [0, 0.05) is 16.7 Å². The van der Waals surface area contributed by atoms with Crippen LogP contribution in [0, 0.1) is 17.2 Å². The van der Waals surface area contributed by atoms with Gasteiger partial charge >= 0.3 is 0 Å². The minimum atomic E-state index is -1.94. The number of pyridine rings is 1. The second-order valence-corrected chi connectivity index (χ2v) is 8.95. The second-order valence-electron chi connectivity index (χ2n) is 7.60. The predicted octanol–water partition coefficient (Wildman–Crippen LogP) is 4.27. The first-order chi connectivity index (χ1) is 14.4. The van der Waals surface area contributed by atoms with Gasteiger partial charge in [-0.25, -0.2) is 0 Å². The molecule has 0 spiro atoms. The van der Waals surface area contributed by atoms with Crippen LogP contribution >= 0.6 is 27.5 Å². The molecule has 1 unspecified atom stereocenters. The number of nitriles is 1. The normalized spacial score (nSPS) is 31.5. The van der Waals surface area contributed by atoms with Gasteiger partial charge in [-0.2, -0.15) is 5.26 Å². The molecule has 0 bridgehead atoms. The Labute approximate surface area is 186 Å². The minimum absolute atomic E-state index is 0.181. The van der Waals surface area contributed by atoms with Crippen molar-refractivity contribution in [2.45, 2.75) is 23.2 Å². The van der Waals surface area contributed by atoms with Crippen LogP contribution in [0.4, 0.5) is 0 Å². The van der Waals surface area contributed by atoms with E-state index in [1.165, 1.54) is 6.20 Å². The van der Waals surface area contributed by atoms with Crippen LogP contribution in [0.3, 0.4) is 0 Å². The SMILES string of the molecule is N#C[C@H]1[C@@H](O)C2(O)c3ncc(Cl)cc3O[C@@]2(c2ccc(Br)cc2)[C@@H]1c1ccccc1. The molecule has 5 atom stereocenters. The van der Waals surface area contributed by atoms with E-state index >= 15 is 0 Å². The molecule has 2 aromatic carbocycles. The Morgan fingerprint density at radius 2 is 1.83 bits per heavy atom. The first kappa shape index (κ1) is 19.5. The van der Waals surface area contributed by atoms with Crippen LogP contribution in [0.2, 0.25) is 5.02 Å². The highest BCUT2D eigenvalue weighted by Gasteiger charge is 2.77. The third-order valence-corrected chi connectivity index (χ3v) is 6.90. The van der Waals surface area contributed by atoms with E-state index < -0.39 is 29.1 Å². The van der Waals surface area contributed by atoms with Crippen molar-refractivity contribution in [3.8, 4) is 11.8 Å². The van der Waals surface area contributed by atoms with Crippen LogP contribution in [0.25, 0.3) is 0 Å². The zero-order chi connectivity index (χ0) is 21.1. The third-order valence-electron chi connectivity index (χ3n) is 6.16. The number of aromatic nitrogens is 1. The van der Waals surface area contributed by atoms with Crippen molar-refractivity contribution < 1.29 is 14.9 Å². The number of fused-ring (bicyclic) bond motifs is 3. The van der Waals surface area contributed by atoms with Crippen molar-refractivity contribution in [3.63, 3.8) is 0 Å². The maximum Gasteiger partial charge on any atom is 0.182 e. The second kappa shape index (κ2) is 6.79. The van der Waals surface area contributed by atoms with Gasteiger partial charge in [0.25, 0.3) is 0 Å². The summed E-state index contributed by atoms with van der Waals surface area (Å²) >= 11 is 9.58. The van der Waals surface area contributed by atoms with Gasteiger partial charge in [0.05, 0.1) is 22.9 Å². The summed E-state index contributed by atoms with van der Waals surface area (Å²) < 4.78 is 7.33. The summed E-state index contributed by atoms with van der Waals surface area (Å²) in [7, 11) is 0. The first-order valence-electron chi connectivity index (χ1n) is 9.39. The molecule has 0 radical (unpaired) electrons. The maximum atomic E-state index is 12.1. The van der Waals surface area contributed by atoms with E-state index in [4.69, 9.17) is 16.3 Å². The smallest absolute Gasteiger partial charge is 0.182 e. The first-order valence-corrected chi connectivity index (χ1v) is 10.6. The van der Waals surface area contributed by atoms with Gasteiger partial charge in [-0.15, -0.1) is 0 Å². The van der Waals surface area contributed by atoms with Crippen molar-refractivity contribution in [3.05, 3.63) is 93.2 Å². The molecule has 1 aromatic heterocycles. The highest BCUT2D eigenvalue weighted by atomic mass is 79.9. The molecule has 3 aromatic rings. The van der Waals surface area contributed by atoms with Gasteiger partial charge < -0.3 is 14.9 Å². The Hall–Kier alpha value is -2.43. The van der Waals surface area contributed by atoms with Gasteiger partial charge in [-0.05, 0) is 23.3 Å². The zero-order valence-corrected chi connectivity index (χ0v) is 17.9. The van der Waals surface area contributed by atoms with Crippen LogP contribution in [-0.4, -0.2) is 21.3 Å². The average molecular weight is 484 g/mol. The molecule has 2 aliphatic rings. The summed E-state index contributed by atoms with van der Waals surface area (Å²) in [6.07, 6.45) is -0.0187. The molecule has 1 aliphatic carbocycles. The van der Waals surface area contributed by atoms with Crippen LogP contribution in [0.15, 0.2) is 71.3 Å². The lowest BCUT2D eigenvalue weighted by molar-refractivity contribution is -0.152. The van der Waals surface area contributed by atoms with E-state index in [1.54, 1.807) is 6.07 Å². The van der Waals surface area contributed by atoms with Gasteiger partial charge in [-0.1, -0.05) is 70.0 Å². The topological polar surface area (TPSA) is 86.4 Å². The molecule has 2 N–H and O–H groups in total. The quantitative estimate of drug-likeness (QED) is 0.568. The Morgan fingerprint density at radius 1 is 1.13 bits per heavy atom. The Balaban J connectivity index is 1.86. The monoisotopic (exact) mass is 482 g/mol. The maximum absolute atomic E-state index is 12.1. The average Bonchev–Trinajstić information content (AvgIpc) is 3.12. The Kier molecular flexibility index (Phi) is 4.42. The lowest BCUT2D eigenvalue weighted by Crippen LogP contribution is -2.52. The van der Waals surface area contributed by atoms with Gasteiger partial charge in [-0.3, -0.25) is 4.98 Å². The number of nitrogens with zero attached hydrogens (tertiary/aromatic N) is 2. The van der Waals surface area contributed by atoms with Crippen molar-refractivity contribution in [2.24, 2.45) is 5.92 Å². The highest BCUT2D eigenvalue weighted by Crippen LogP contribution is 2.67. The summed E-state index contributed by atoms with van der Waals surface area (Å²) in [5.41, 5.74) is -1.81. The highest BCUT2D eigenvalue weighted by molar-refractivity contribution is 9.10. The number of hydrogen-bond donors (Lipinski definition) is 2. The van der Waals surface area contributed by atoms with Crippen molar-refractivity contribution in [1.82, 2.24) is 4.98 Å². The molecule has 1 fully saturated rings. The molecule has 1 aliphatic heterocycles. The number of hydrogen-bond acceptors (Lipinski definition) is 5. The van der Waals surface area contributed by atoms with Crippen molar-refractivity contribution >= 4 is 27.5 Å². The lowest BCUT2D eigenvalue weighted by atomic mass is 9.71. The Morgan fingerprint density at radius 3 is 2.50 bits per heavy atom. The summed E-state index contributed by atoms with van der Waals surface area (Å²) in [6, 6.07) is 20.5. The molecular weight excluding hydrogens is 468 g/mol. The summed E-state index contributed by atoms with van der Waals surface area (Å²) in [5, 5.41) is 33.8. The molecule has 5 rings (SSSR count). The molecular formula is C23H16BrClN2O3. The number of ether oxygens (including phenoxy) is 1. The number of halogens is 2. The molecule has 2 heterocycles. The van der Waals surface area contributed by atoms with E-state index in [0.29, 0.717) is 16.3 Å². The van der Waals surface area contributed by atoms with Crippen LogP contribution in [0.1, 0.15) is 22.7 Å². The van der Waals surface area contributed by atoms with Gasteiger partial charge in [0.15, 0.2) is 11.2 Å². The van der Waals surface area contributed by atoms with Crippen LogP contribution < -0.4 is 4.74 Å². The predicted molar refractivity (Wildman–Crippen MR) is 114 cm³/mol. The zero-order valence-electron chi connectivity index (χ0n) is 15.5. The fraction of sp³-hybridized carbons (Fsp3) is 0.217.